The number of guanidine groups is 1. The van der Waals surface area contributed by atoms with Gasteiger partial charge in [0, 0.05) is 19.7 Å². The van der Waals surface area contributed by atoms with Crippen LogP contribution in [0.5, 0.6) is 0 Å². The Morgan fingerprint density at radius 3 is 2.67 bits per heavy atom. The minimum atomic E-state index is 0. The van der Waals surface area contributed by atoms with E-state index in [1.165, 1.54) is 5.56 Å². The molecule has 0 bridgehead atoms. The van der Waals surface area contributed by atoms with Crippen molar-refractivity contribution in [2.45, 2.75) is 26.1 Å². The number of benzene rings is 1. The van der Waals surface area contributed by atoms with Crippen LogP contribution in [0.4, 0.5) is 0 Å². The molecule has 0 aliphatic carbocycles. The lowest BCUT2D eigenvalue weighted by molar-refractivity contribution is 0.179. The number of rotatable bonds is 7. The summed E-state index contributed by atoms with van der Waals surface area (Å²) in [5.74, 6) is 0.451. The first-order valence-electron chi connectivity index (χ1n) is 6.79. The number of halogens is 1. The summed E-state index contributed by atoms with van der Waals surface area (Å²) < 4.78 is 5.04. The Morgan fingerprint density at radius 1 is 1.38 bits per heavy atom. The van der Waals surface area contributed by atoms with Crippen molar-refractivity contribution in [3.8, 4) is 0 Å². The van der Waals surface area contributed by atoms with Gasteiger partial charge in [-0.3, -0.25) is 0 Å². The molecule has 21 heavy (non-hydrogen) atoms. The van der Waals surface area contributed by atoms with Gasteiger partial charge < -0.3 is 20.7 Å². The minimum absolute atomic E-state index is 0. The molecule has 0 fully saturated rings. The summed E-state index contributed by atoms with van der Waals surface area (Å²) >= 11 is 0. The SMILES string of the molecule is COCC(C)NC(N)=NCc1cccc(CN(C)C)c1.I. The highest BCUT2D eigenvalue weighted by atomic mass is 127. The fraction of sp³-hybridized carbons (Fsp3) is 0.533. The predicted octanol–water partition coefficient (Wildman–Crippen LogP) is 1.81. The molecule has 0 radical (unpaired) electrons. The molecule has 0 heterocycles. The fourth-order valence-electron chi connectivity index (χ4n) is 1.96. The number of ether oxygens (including phenoxy) is 1. The van der Waals surface area contributed by atoms with E-state index in [1.54, 1.807) is 7.11 Å². The van der Waals surface area contributed by atoms with Crippen LogP contribution in [-0.4, -0.2) is 44.7 Å². The average Bonchev–Trinajstić information content (AvgIpc) is 2.36. The molecule has 0 aliphatic rings. The Kier molecular flexibility index (Phi) is 10.4. The second kappa shape index (κ2) is 10.8. The van der Waals surface area contributed by atoms with E-state index in [0.29, 0.717) is 19.1 Å². The van der Waals surface area contributed by atoms with Crippen LogP contribution in [0.1, 0.15) is 18.1 Å². The van der Waals surface area contributed by atoms with Gasteiger partial charge in [0.25, 0.3) is 0 Å². The predicted molar refractivity (Wildman–Crippen MR) is 99.0 cm³/mol. The first kappa shape index (κ1) is 20.1. The normalized spacial score (nSPS) is 12.9. The number of nitrogens with two attached hydrogens (primary N) is 1. The molecular weight excluding hydrogens is 379 g/mol. The molecule has 0 spiro atoms. The van der Waals surface area contributed by atoms with Gasteiger partial charge in [-0.1, -0.05) is 24.3 Å². The molecule has 1 aromatic carbocycles. The third kappa shape index (κ3) is 8.90. The average molecular weight is 406 g/mol. The quantitative estimate of drug-likeness (QED) is 0.412. The van der Waals surface area contributed by atoms with Crippen LogP contribution in [0.2, 0.25) is 0 Å². The van der Waals surface area contributed by atoms with Crippen molar-refractivity contribution >= 4 is 29.9 Å². The van der Waals surface area contributed by atoms with Crippen molar-refractivity contribution in [2.24, 2.45) is 10.7 Å². The number of hydrogen-bond acceptors (Lipinski definition) is 3. The maximum Gasteiger partial charge on any atom is 0.189 e. The molecule has 1 aromatic rings. The maximum atomic E-state index is 5.85. The lowest BCUT2D eigenvalue weighted by Crippen LogP contribution is -2.40. The molecular formula is C15H27IN4O. The Bertz CT molecular complexity index is 437. The van der Waals surface area contributed by atoms with Crippen molar-refractivity contribution in [1.29, 1.82) is 0 Å². The molecule has 0 aromatic heterocycles. The van der Waals surface area contributed by atoms with Crippen LogP contribution in [0.3, 0.4) is 0 Å². The Hall–Kier alpha value is -0.860. The van der Waals surface area contributed by atoms with E-state index in [9.17, 15) is 0 Å². The maximum absolute atomic E-state index is 5.85. The van der Waals surface area contributed by atoms with E-state index in [-0.39, 0.29) is 30.0 Å². The number of aliphatic imine (C=N–C) groups is 1. The molecule has 1 atom stereocenters. The minimum Gasteiger partial charge on any atom is -0.383 e. The Morgan fingerprint density at radius 2 is 2.05 bits per heavy atom. The fourth-order valence-corrected chi connectivity index (χ4v) is 1.96. The van der Waals surface area contributed by atoms with E-state index in [1.807, 2.05) is 6.92 Å². The summed E-state index contributed by atoms with van der Waals surface area (Å²) in [4.78, 5) is 6.49. The first-order valence-corrected chi connectivity index (χ1v) is 6.79. The molecule has 1 rings (SSSR count). The molecule has 0 saturated heterocycles. The van der Waals surface area contributed by atoms with Gasteiger partial charge in [-0.2, -0.15) is 0 Å². The van der Waals surface area contributed by atoms with Crippen molar-refractivity contribution in [2.75, 3.05) is 27.8 Å². The number of nitrogens with zero attached hydrogens (tertiary/aromatic N) is 2. The third-order valence-electron chi connectivity index (χ3n) is 2.73. The highest BCUT2D eigenvalue weighted by Gasteiger charge is 2.02. The monoisotopic (exact) mass is 406 g/mol. The van der Waals surface area contributed by atoms with Crippen LogP contribution in [0, 0.1) is 0 Å². The summed E-state index contributed by atoms with van der Waals surface area (Å²) in [5.41, 5.74) is 8.29. The van der Waals surface area contributed by atoms with Gasteiger partial charge in [0.15, 0.2) is 5.96 Å². The summed E-state index contributed by atoms with van der Waals surface area (Å²) in [6, 6.07) is 8.56. The Balaban J connectivity index is 0.00000400. The van der Waals surface area contributed by atoms with Gasteiger partial charge in [0.1, 0.15) is 0 Å². The molecule has 1 unspecified atom stereocenters. The van der Waals surface area contributed by atoms with Crippen LogP contribution in [0.15, 0.2) is 29.3 Å². The second-order valence-corrected chi connectivity index (χ2v) is 5.26. The van der Waals surface area contributed by atoms with Crippen LogP contribution in [-0.2, 0) is 17.8 Å². The zero-order chi connectivity index (χ0) is 15.0. The first-order chi connectivity index (χ1) is 9.51. The van der Waals surface area contributed by atoms with Crippen molar-refractivity contribution < 1.29 is 4.74 Å². The van der Waals surface area contributed by atoms with E-state index < -0.39 is 0 Å². The molecule has 120 valence electrons. The van der Waals surface area contributed by atoms with E-state index in [2.05, 4.69) is 53.6 Å². The smallest absolute Gasteiger partial charge is 0.189 e. The summed E-state index contributed by atoms with van der Waals surface area (Å²) in [6.07, 6.45) is 0. The van der Waals surface area contributed by atoms with Gasteiger partial charge in [-0.15, -0.1) is 24.0 Å². The summed E-state index contributed by atoms with van der Waals surface area (Å²) in [5, 5.41) is 3.09. The lowest BCUT2D eigenvalue weighted by Gasteiger charge is -2.13. The molecule has 0 amide bonds. The van der Waals surface area contributed by atoms with E-state index in [0.717, 1.165) is 12.1 Å². The number of methoxy groups -OCH3 is 1. The van der Waals surface area contributed by atoms with Gasteiger partial charge in [0.05, 0.1) is 13.2 Å². The summed E-state index contributed by atoms with van der Waals surface area (Å²) in [6.45, 7) is 4.12. The number of nitrogens with one attached hydrogen (secondary N) is 1. The standard InChI is InChI=1S/C15H26N4O.HI/c1-12(11-20-4)18-15(16)17-9-13-6-5-7-14(8-13)10-19(2)3;/h5-8,12H,9-11H2,1-4H3,(H3,16,17,18);1H. The highest BCUT2D eigenvalue weighted by molar-refractivity contribution is 14.0. The Labute approximate surface area is 145 Å². The molecule has 3 N–H and O–H groups in total. The molecule has 0 aliphatic heterocycles. The molecule has 6 heteroatoms. The number of hydrogen-bond donors (Lipinski definition) is 2. The van der Waals surface area contributed by atoms with Gasteiger partial charge in [0.2, 0.25) is 0 Å². The zero-order valence-electron chi connectivity index (χ0n) is 13.3. The van der Waals surface area contributed by atoms with Crippen molar-refractivity contribution in [3.63, 3.8) is 0 Å². The van der Waals surface area contributed by atoms with E-state index in [4.69, 9.17) is 10.5 Å². The lowest BCUT2D eigenvalue weighted by atomic mass is 10.1. The van der Waals surface area contributed by atoms with Crippen molar-refractivity contribution in [1.82, 2.24) is 10.2 Å². The van der Waals surface area contributed by atoms with Crippen LogP contribution in [0.25, 0.3) is 0 Å². The van der Waals surface area contributed by atoms with Crippen LogP contribution >= 0.6 is 24.0 Å². The summed E-state index contributed by atoms with van der Waals surface area (Å²) in [7, 11) is 5.79. The van der Waals surface area contributed by atoms with E-state index >= 15 is 0 Å². The molecule has 0 saturated carbocycles. The van der Waals surface area contributed by atoms with Gasteiger partial charge in [-0.25, -0.2) is 4.99 Å². The largest absolute Gasteiger partial charge is 0.383 e. The third-order valence-corrected chi connectivity index (χ3v) is 2.73. The van der Waals surface area contributed by atoms with Crippen LogP contribution < -0.4 is 11.1 Å². The zero-order valence-corrected chi connectivity index (χ0v) is 15.6. The second-order valence-electron chi connectivity index (χ2n) is 5.26. The highest BCUT2D eigenvalue weighted by Crippen LogP contribution is 2.08. The van der Waals surface area contributed by atoms with Gasteiger partial charge in [-0.05, 0) is 32.1 Å². The molecule has 5 nitrogen and oxygen atoms in total. The van der Waals surface area contributed by atoms with Crippen molar-refractivity contribution in [3.05, 3.63) is 35.4 Å². The van der Waals surface area contributed by atoms with Gasteiger partial charge >= 0.3 is 0 Å². The topological polar surface area (TPSA) is 62.9 Å².